The SMILES string of the molecule is CN1/C(=C/C=C/C=C/C2=C(CCCCCC(=O)CCCCCCC(NC(=O)C(CCC(=O)O)CC(=O)C(CCC(=O)O)CC(=O)C(CCC(=O)O)NC(=O)CCCCCNC(=O)C3CCC(CNC(=O)CCC(NC(=O)NC(CCC(=O)O)C(=O)O)C(=O)O)CC3)C(N)=O)c3ccc4ccccc4c3C2(C)C)C(C)(C)c2c1ccc1ccccc21. The van der Waals surface area contributed by atoms with Crippen molar-refractivity contribution in [2.75, 3.05) is 25.0 Å². The molecule has 0 radical (unpaired) electrons. The molecule has 4 aromatic carbocycles. The van der Waals surface area contributed by atoms with Crippen molar-refractivity contribution >= 4 is 122 Å². The van der Waals surface area contributed by atoms with Crippen LogP contribution in [0.1, 0.15) is 243 Å². The first-order valence-corrected chi connectivity index (χ1v) is 42.1. The van der Waals surface area contributed by atoms with Crippen LogP contribution in [0.5, 0.6) is 0 Å². The summed E-state index contributed by atoms with van der Waals surface area (Å²) in [6, 6.07) is 19.0. The minimum Gasteiger partial charge on any atom is -0.481 e. The van der Waals surface area contributed by atoms with E-state index in [2.05, 4.69) is 169 Å². The molecule has 7 rings (SSSR count). The molecule has 0 aromatic heterocycles. The Hall–Kier alpha value is -11.4. The van der Waals surface area contributed by atoms with Gasteiger partial charge in [0.05, 0.1) is 6.04 Å². The number of allylic oxidation sites excluding steroid dienone is 8. The number of anilines is 1. The van der Waals surface area contributed by atoms with E-state index in [1.807, 2.05) is 5.32 Å². The van der Waals surface area contributed by atoms with E-state index in [4.69, 9.17) is 10.8 Å². The largest absolute Gasteiger partial charge is 0.481 e. The second-order valence-electron chi connectivity index (χ2n) is 33.0. The average molecular weight is 1660 g/mol. The van der Waals surface area contributed by atoms with E-state index in [0.717, 1.165) is 25.7 Å². The highest BCUT2D eigenvalue weighted by Crippen LogP contribution is 2.52. The van der Waals surface area contributed by atoms with E-state index in [1.54, 1.807) is 0 Å². The van der Waals surface area contributed by atoms with Crippen LogP contribution in [0.15, 0.2) is 114 Å². The molecule has 7 amide bonds. The maximum atomic E-state index is 14.2. The first-order valence-electron chi connectivity index (χ1n) is 42.1. The van der Waals surface area contributed by atoms with Crippen molar-refractivity contribution in [1.29, 1.82) is 0 Å². The van der Waals surface area contributed by atoms with E-state index >= 15 is 0 Å². The Balaban J connectivity index is 0.810. The van der Waals surface area contributed by atoms with Gasteiger partial charge in [0.25, 0.3) is 0 Å². The molecule has 0 spiro atoms. The van der Waals surface area contributed by atoms with Gasteiger partial charge < -0.3 is 73.2 Å². The summed E-state index contributed by atoms with van der Waals surface area (Å²) in [4.78, 5) is 191. The Morgan fingerprint density at radius 3 is 1.62 bits per heavy atom. The fraction of sp³-hybridized carbons (Fsp3) is 0.527. The van der Waals surface area contributed by atoms with Crippen LogP contribution in [0.2, 0.25) is 0 Å². The standard InChI is InChI=1S/C91H120N8O21/c1-90(2)67(30-14-9-16-32-75-91(3,4)83-64-28-21-19-24-58(64)39-46-72(83)99(75)5)65(66-42-38-57-23-18-20-27-63(57)82(66)90)29-13-8-12-26-62(100)25-11-6-7-15-31-69(84(92)113)96-86(115)61(41-49-79(107)108)54-73(101)60(40-48-78(105)106)53-74(102)68(44-50-80(109)110)95-77(104)33-17-10-22-52-93-85(114)59-36-34-56(35-37-59)55-94-76(103)47-43-70(87(116)117)97-89(120)98-71(88(118)119)45-51-81(111)112/h9,14,16,18-21,23-24,27-28,30,32,38-39,42,46,56,59-61,68-71H,6-8,10-13,15,17,22,25-26,29,31,33-37,40-41,43-45,47-55H2,1-5H3,(H2,92,113)(H,93,114)(H,94,103)(H,95,104)(H,96,115)(H,105,106)(H,107,108)(H,109,110)(H,111,112)(H,116,117)(H,118,119)(H2,97,98,120)/b16-9+,30-14+,75-32+. The van der Waals surface area contributed by atoms with Gasteiger partial charge in [0.15, 0.2) is 5.78 Å². The third-order valence-electron chi connectivity index (χ3n) is 23.5. The van der Waals surface area contributed by atoms with Crippen molar-refractivity contribution in [3.8, 4) is 0 Å². The lowest BCUT2D eigenvalue weighted by Crippen LogP contribution is -2.51. The zero-order valence-corrected chi connectivity index (χ0v) is 69.6. The Bertz CT molecular complexity index is 4510. The molecule has 14 N–H and O–H groups in total. The number of urea groups is 1. The van der Waals surface area contributed by atoms with Gasteiger partial charge in [-0.05, 0) is 170 Å². The number of rotatable bonds is 54. The number of carboxylic acids is 6. The lowest BCUT2D eigenvalue weighted by molar-refractivity contribution is -0.141. The van der Waals surface area contributed by atoms with Crippen LogP contribution in [0.25, 0.3) is 27.1 Å². The van der Waals surface area contributed by atoms with Crippen LogP contribution in [-0.4, -0.2) is 164 Å². The number of amides is 7. The number of hydrogen-bond acceptors (Lipinski definition) is 16. The number of hydrogen-bond donors (Lipinski definition) is 13. The normalized spacial score (nSPS) is 17.1. The molecule has 0 saturated heterocycles. The summed E-state index contributed by atoms with van der Waals surface area (Å²) < 4.78 is 0. The highest BCUT2D eigenvalue weighted by molar-refractivity contribution is 5.99. The molecule has 1 fully saturated rings. The van der Waals surface area contributed by atoms with Crippen molar-refractivity contribution in [2.45, 2.75) is 262 Å². The van der Waals surface area contributed by atoms with Gasteiger partial charge in [0.2, 0.25) is 29.5 Å². The molecule has 1 aliphatic heterocycles. The van der Waals surface area contributed by atoms with Gasteiger partial charge in [-0.1, -0.05) is 151 Å². The van der Waals surface area contributed by atoms with Gasteiger partial charge in [-0.3, -0.25) is 57.5 Å². The van der Waals surface area contributed by atoms with E-state index in [-0.39, 0.29) is 86.0 Å². The van der Waals surface area contributed by atoms with E-state index in [9.17, 15) is 97.5 Å². The molecule has 2 aliphatic carbocycles. The molecular formula is C91H120N8O21. The van der Waals surface area contributed by atoms with E-state index < -0.39 is 164 Å². The van der Waals surface area contributed by atoms with Crippen LogP contribution in [0, 0.1) is 23.7 Å². The van der Waals surface area contributed by atoms with Crippen molar-refractivity contribution in [3.05, 3.63) is 131 Å². The van der Waals surface area contributed by atoms with E-state index in [0.29, 0.717) is 83.5 Å². The van der Waals surface area contributed by atoms with Crippen molar-refractivity contribution in [1.82, 2.24) is 31.9 Å². The number of fused-ring (bicyclic) bond motifs is 6. The van der Waals surface area contributed by atoms with Crippen molar-refractivity contribution < 1.29 is 103 Å². The number of aliphatic carboxylic acids is 6. The second-order valence-corrected chi connectivity index (χ2v) is 33.0. The van der Waals surface area contributed by atoms with E-state index in [1.165, 1.54) is 60.8 Å². The number of nitrogens with zero attached hydrogens (tertiary/aromatic N) is 1. The fourth-order valence-electron chi connectivity index (χ4n) is 16.8. The van der Waals surface area contributed by atoms with Gasteiger partial charge in [-0.15, -0.1) is 0 Å². The van der Waals surface area contributed by atoms with Crippen LogP contribution in [0.4, 0.5) is 10.5 Å². The molecule has 650 valence electrons. The summed E-state index contributed by atoms with van der Waals surface area (Å²) in [5.74, 6) is -15.6. The van der Waals surface area contributed by atoms with Crippen LogP contribution in [-0.2, 0) is 78.0 Å². The second kappa shape index (κ2) is 46.8. The lowest BCUT2D eigenvalue weighted by atomic mass is 9.79. The summed E-state index contributed by atoms with van der Waals surface area (Å²) in [6.45, 7) is 9.72. The molecule has 6 unspecified atom stereocenters. The number of likely N-dealkylation sites (N-methyl/N-ethyl adjacent to an activating group) is 1. The third-order valence-corrected chi connectivity index (χ3v) is 23.5. The Kier molecular flexibility index (Phi) is 37.4. The monoisotopic (exact) mass is 1660 g/mol. The van der Waals surface area contributed by atoms with Gasteiger partial charge in [0, 0.05) is 124 Å². The zero-order valence-electron chi connectivity index (χ0n) is 69.6. The highest BCUT2D eigenvalue weighted by Gasteiger charge is 2.41. The molecule has 1 saturated carbocycles. The summed E-state index contributed by atoms with van der Waals surface area (Å²) in [5, 5.41) is 76.3. The van der Waals surface area contributed by atoms with Crippen molar-refractivity contribution in [2.24, 2.45) is 29.4 Å². The number of Topliss-reactive ketones (excluding diaryl/α,β-unsaturated/α-hetero) is 3. The Morgan fingerprint density at radius 1 is 0.483 bits per heavy atom. The number of nitrogens with one attached hydrogen (secondary N) is 6. The fourth-order valence-corrected chi connectivity index (χ4v) is 16.8. The van der Waals surface area contributed by atoms with Crippen LogP contribution < -0.4 is 42.5 Å². The quantitative estimate of drug-likeness (QED) is 0.0144. The molecule has 0 bridgehead atoms. The molecule has 29 heteroatoms. The average Bonchev–Trinajstić information content (AvgIpc) is 1.58. The van der Waals surface area contributed by atoms with Gasteiger partial charge in [-0.25, -0.2) is 14.4 Å². The summed E-state index contributed by atoms with van der Waals surface area (Å²) in [7, 11) is 2.14. The third kappa shape index (κ3) is 29.0. The molecule has 29 nitrogen and oxygen atoms in total. The topological polar surface area (TPSA) is 479 Å². The number of nitrogens with two attached hydrogens (primary N) is 1. The minimum atomic E-state index is -1.59. The van der Waals surface area contributed by atoms with Gasteiger partial charge in [0.1, 0.15) is 29.7 Å². The Morgan fingerprint density at radius 2 is 1.02 bits per heavy atom. The molecule has 1 heterocycles. The Labute approximate surface area is 700 Å². The first-order chi connectivity index (χ1) is 57.1. The highest BCUT2D eigenvalue weighted by atomic mass is 16.4. The maximum Gasteiger partial charge on any atom is 0.326 e. The maximum absolute atomic E-state index is 14.2. The predicted octanol–water partition coefficient (Wildman–Crippen LogP) is 12.0. The smallest absolute Gasteiger partial charge is 0.326 e. The minimum absolute atomic E-state index is 0.0208. The van der Waals surface area contributed by atoms with Crippen LogP contribution >= 0.6 is 0 Å². The molecule has 120 heavy (non-hydrogen) atoms. The molecule has 6 atom stereocenters. The lowest BCUT2D eigenvalue weighted by Gasteiger charge is -2.28. The van der Waals surface area contributed by atoms with Gasteiger partial charge >= 0.3 is 41.8 Å². The van der Waals surface area contributed by atoms with Gasteiger partial charge in [-0.2, -0.15) is 0 Å². The van der Waals surface area contributed by atoms with Crippen LogP contribution in [0.3, 0.4) is 0 Å². The number of carbonyl (C=O) groups excluding carboxylic acids is 9. The number of primary amides is 1. The summed E-state index contributed by atoms with van der Waals surface area (Å²) >= 11 is 0. The summed E-state index contributed by atoms with van der Waals surface area (Å²) in [5.41, 5.74) is 14.3. The number of benzene rings is 4. The zero-order chi connectivity index (χ0) is 87.8. The van der Waals surface area contributed by atoms with Crippen molar-refractivity contribution in [3.63, 3.8) is 0 Å². The number of carbonyl (C=O) groups is 15. The number of carboxylic acid groups (broad SMARTS) is 6. The molecule has 4 aromatic rings. The number of ketones is 3. The first kappa shape index (κ1) is 95.7. The predicted molar refractivity (Wildman–Crippen MR) is 452 cm³/mol. The molecular weight excluding hydrogens is 1540 g/mol. The molecule has 3 aliphatic rings. The summed E-state index contributed by atoms with van der Waals surface area (Å²) in [6.07, 6.45) is 15.0. The number of unbranched alkanes of at least 4 members (excludes halogenated alkanes) is 7.